The number of nitrogens with one attached hydrogen (secondary N) is 1. The van der Waals surface area contributed by atoms with Crippen molar-refractivity contribution in [2.24, 2.45) is 0 Å². The van der Waals surface area contributed by atoms with Gasteiger partial charge < -0.3 is 5.32 Å². The molecule has 1 N–H and O–H groups in total. The van der Waals surface area contributed by atoms with E-state index in [1.165, 1.54) is 23.9 Å². The molecule has 0 aliphatic carbocycles. The van der Waals surface area contributed by atoms with Gasteiger partial charge in [-0.1, -0.05) is 6.07 Å². The maximum atomic E-state index is 12.7. The molecule has 1 nitrogen and oxygen atoms in total. The quantitative estimate of drug-likeness (QED) is 0.808. The van der Waals surface area contributed by atoms with E-state index < -0.39 is 11.7 Å². The first-order valence-corrected chi connectivity index (χ1v) is 5.60. The van der Waals surface area contributed by atoms with Crippen LogP contribution in [0.2, 0.25) is 0 Å². The third kappa shape index (κ3) is 3.14. The van der Waals surface area contributed by atoms with E-state index in [1.54, 1.807) is 19.4 Å². The maximum Gasteiger partial charge on any atom is 0.416 e. The van der Waals surface area contributed by atoms with E-state index in [1.807, 2.05) is 0 Å². The molecule has 0 amide bonds. The topological polar surface area (TPSA) is 12.0 Å². The lowest BCUT2D eigenvalue weighted by Crippen LogP contribution is -2.14. The molecule has 1 aromatic rings. The highest BCUT2D eigenvalue weighted by molar-refractivity contribution is 7.98. The van der Waals surface area contributed by atoms with E-state index in [2.05, 4.69) is 5.32 Å². The molecule has 0 aliphatic rings. The maximum absolute atomic E-state index is 12.7. The van der Waals surface area contributed by atoms with Crippen molar-refractivity contribution < 1.29 is 13.2 Å². The van der Waals surface area contributed by atoms with Crippen LogP contribution in [0.4, 0.5) is 13.2 Å². The molecule has 0 saturated carbocycles. The molecule has 0 aliphatic heterocycles. The second-order valence-electron chi connectivity index (χ2n) is 3.05. The van der Waals surface area contributed by atoms with Gasteiger partial charge in [0.25, 0.3) is 0 Å². The molecule has 0 heterocycles. The predicted octanol–water partition coefficient (Wildman–Crippen LogP) is 3.15. The van der Waals surface area contributed by atoms with E-state index in [4.69, 9.17) is 0 Å². The minimum absolute atomic E-state index is 0.226. The molecule has 0 atom stereocenters. The lowest BCUT2D eigenvalue weighted by atomic mass is 10.1. The van der Waals surface area contributed by atoms with Crippen LogP contribution >= 0.6 is 11.8 Å². The SMILES string of the molecule is CNCc1ccc(SC)cc1C(F)(F)F. The van der Waals surface area contributed by atoms with Gasteiger partial charge in [0.2, 0.25) is 0 Å². The molecule has 1 aromatic carbocycles. The highest BCUT2D eigenvalue weighted by Gasteiger charge is 2.33. The summed E-state index contributed by atoms with van der Waals surface area (Å²) in [5.74, 6) is 0. The lowest BCUT2D eigenvalue weighted by Gasteiger charge is -2.13. The van der Waals surface area contributed by atoms with Gasteiger partial charge in [-0.3, -0.25) is 0 Å². The van der Waals surface area contributed by atoms with Crippen LogP contribution in [0.25, 0.3) is 0 Å². The molecule has 0 unspecified atom stereocenters. The van der Waals surface area contributed by atoms with E-state index in [9.17, 15) is 13.2 Å². The highest BCUT2D eigenvalue weighted by atomic mass is 32.2. The van der Waals surface area contributed by atoms with E-state index in [0.717, 1.165) is 0 Å². The van der Waals surface area contributed by atoms with Crippen molar-refractivity contribution in [1.29, 1.82) is 0 Å². The van der Waals surface area contributed by atoms with Crippen LogP contribution in [0.15, 0.2) is 23.1 Å². The van der Waals surface area contributed by atoms with Gasteiger partial charge in [-0.05, 0) is 31.0 Å². The van der Waals surface area contributed by atoms with Crippen LogP contribution in [0.5, 0.6) is 0 Å². The molecular weight excluding hydrogens is 223 g/mol. The molecular formula is C10H12F3NS. The Morgan fingerprint density at radius 3 is 2.47 bits per heavy atom. The third-order valence-corrected chi connectivity index (χ3v) is 2.72. The Morgan fingerprint density at radius 2 is 2.00 bits per heavy atom. The molecule has 0 spiro atoms. The van der Waals surface area contributed by atoms with Gasteiger partial charge in [0.05, 0.1) is 5.56 Å². The summed E-state index contributed by atoms with van der Waals surface area (Å²) in [6.45, 7) is 0.226. The normalized spacial score (nSPS) is 11.8. The predicted molar refractivity (Wildman–Crippen MR) is 56.0 cm³/mol. The fourth-order valence-corrected chi connectivity index (χ4v) is 1.73. The van der Waals surface area contributed by atoms with Gasteiger partial charge in [-0.2, -0.15) is 13.2 Å². The zero-order valence-corrected chi connectivity index (χ0v) is 9.30. The molecule has 0 radical (unpaired) electrons. The summed E-state index contributed by atoms with van der Waals surface area (Å²) in [4.78, 5) is 0.627. The molecule has 1 rings (SSSR count). The van der Waals surface area contributed by atoms with Crippen LogP contribution in [0.3, 0.4) is 0 Å². The molecule has 5 heteroatoms. The number of hydrogen-bond donors (Lipinski definition) is 1. The summed E-state index contributed by atoms with van der Waals surface area (Å²) in [6.07, 6.45) is -2.52. The number of thioether (sulfide) groups is 1. The first-order chi connectivity index (χ1) is 6.99. The third-order valence-electron chi connectivity index (χ3n) is 1.99. The summed E-state index contributed by atoms with van der Waals surface area (Å²) < 4.78 is 38.0. The summed E-state index contributed by atoms with van der Waals surface area (Å²) in [5.41, 5.74) is -0.272. The van der Waals surface area contributed by atoms with Gasteiger partial charge >= 0.3 is 6.18 Å². The van der Waals surface area contributed by atoms with Crippen molar-refractivity contribution in [3.05, 3.63) is 29.3 Å². The molecule has 0 aromatic heterocycles. The molecule has 0 bridgehead atoms. The van der Waals surface area contributed by atoms with Crippen molar-refractivity contribution in [3.63, 3.8) is 0 Å². The van der Waals surface area contributed by atoms with Crippen molar-refractivity contribution in [2.75, 3.05) is 13.3 Å². The van der Waals surface area contributed by atoms with Crippen LogP contribution in [0, 0.1) is 0 Å². The van der Waals surface area contributed by atoms with E-state index in [-0.39, 0.29) is 12.1 Å². The van der Waals surface area contributed by atoms with Gasteiger partial charge in [0.15, 0.2) is 0 Å². The van der Waals surface area contributed by atoms with Crippen LogP contribution < -0.4 is 5.32 Å². The number of halogens is 3. The summed E-state index contributed by atoms with van der Waals surface area (Å²) in [7, 11) is 1.63. The van der Waals surface area contributed by atoms with Crippen molar-refractivity contribution in [2.45, 2.75) is 17.6 Å². The average Bonchev–Trinajstić information content (AvgIpc) is 2.17. The second kappa shape index (κ2) is 4.90. The number of benzene rings is 1. The van der Waals surface area contributed by atoms with Crippen LogP contribution in [-0.4, -0.2) is 13.3 Å². The molecule has 84 valence electrons. The highest BCUT2D eigenvalue weighted by Crippen LogP contribution is 2.34. The Kier molecular flexibility index (Phi) is 4.04. The number of rotatable bonds is 3. The second-order valence-corrected chi connectivity index (χ2v) is 3.93. The first kappa shape index (κ1) is 12.4. The standard InChI is InChI=1S/C10H12F3NS/c1-14-6-7-3-4-8(15-2)5-9(7)10(11,12)13/h3-5,14H,6H2,1-2H3. The molecule has 0 fully saturated rings. The Morgan fingerprint density at radius 1 is 1.33 bits per heavy atom. The van der Waals surface area contributed by atoms with Crippen LogP contribution in [-0.2, 0) is 12.7 Å². The minimum Gasteiger partial charge on any atom is -0.316 e. The zero-order valence-electron chi connectivity index (χ0n) is 8.48. The summed E-state index contributed by atoms with van der Waals surface area (Å²) in [5, 5.41) is 2.73. The van der Waals surface area contributed by atoms with Crippen molar-refractivity contribution >= 4 is 11.8 Å². The fourth-order valence-electron chi connectivity index (χ4n) is 1.29. The average molecular weight is 235 g/mol. The van der Waals surface area contributed by atoms with Gasteiger partial charge in [-0.25, -0.2) is 0 Å². The number of alkyl halides is 3. The monoisotopic (exact) mass is 235 g/mol. The zero-order chi connectivity index (χ0) is 11.5. The fraction of sp³-hybridized carbons (Fsp3) is 0.400. The van der Waals surface area contributed by atoms with Gasteiger partial charge in [0.1, 0.15) is 0 Å². The molecule has 0 saturated heterocycles. The van der Waals surface area contributed by atoms with Crippen LogP contribution in [0.1, 0.15) is 11.1 Å². The lowest BCUT2D eigenvalue weighted by molar-refractivity contribution is -0.138. The van der Waals surface area contributed by atoms with Gasteiger partial charge in [-0.15, -0.1) is 11.8 Å². The van der Waals surface area contributed by atoms with Gasteiger partial charge in [0, 0.05) is 11.4 Å². The summed E-state index contributed by atoms with van der Waals surface area (Å²) in [6, 6.07) is 4.41. The minimum atomic E-state index is -4.28. The summed E-state index contributed by atoms with van der Waals surface area (Å²) >= 11 is 1.31. The molecule has 15 heavy (non-hydrogen) atoms. The Balaban J connectivity index is 3.16. The Hall–Kier alpha value is -0.680. The Labute approximate surface area is 91.1 Å². The Bertz CT molecular complexity index is 336. The smallest absolute Gasteiger partial charge is 0.316 e. The van der Waals surface area contributed by atoms with E-state index in [0.29, 0.717) is 4.90 Å². The number of hydrogen-bond acceptors (Lipinski definition) is 2. The van der Waals surface area contributed by atoms with E-state index >= 15 is 0 Å². The van der Waals surface area contributed by atoms with Crippen molar-refractivity contribution in [1.82, 2.24) is 5.32 Å². The van der Waals surface area contributed by atoms with Crippen molar-refractivity contribution in [3.8, 4) is 0 Å². The largest absolute Gasteiger partial charge is 0.416 e. The first-order valence-electron chi connectivity index (χ1n) is 4.37.